The van der Waals surface area contributed by atoms with Crippen molar-refractivity contribution in [2.45, 2.75) is 0 Å². The van der Waals surface area contributed by atoms with Gasteiger partial charge in [0.2, 0.25) is 5.95 Å². The SMILES string of the molecule is Nc1nc(N2CCNCC2)c2nc(Cl)ccc2n1. The maximum absolute atomic E-state index is 5.94. The lowest BCUT2D eigenvalue weighted by Gasteiger charge is -2.28. The summed E-state index contributed by atoms with van der Waals surface area (Å²) in [5, 5.41) is 3.73. The Hall–Kier alpha value is -1.66. The van der Waals surface area contributed by atoms with Gasteiger partial charge in [0.25, 0.3) is 0 Å². The molecule has 1 fully saturated rings. The summed E-state index contributed by atoms with van der Waals surface area (Å²) >= 11 is 5.94. The monoisotopic (exact) mass is 264 g/mol. The summed E-state index contributed by atoms with van der Waals surface area (Å²) in [5.41, 5.74) is 7.17. The van der Waals surface area contributed by atoms with E-state index < -0.39 is 0 Å². The minimum atomic E-state index is 0.264. The lowest BCUT2D eigenvalue weighted by atomic mass is 10.3. The number of nitrogen functional groups attached to an aromatic ring is 1. The summed E-state index contributed by atoms with van der Waals surface area (Å²) < 4.78 is 0. The molecule has 94 valence electrons. The third-order valence-electron chi connectivity index (χ3n) is 2.92. The number of rotatable bonds is 1. The predicted molar refractivity (Wildman–Crippen MR) is 71.8 cm³/mol. The van der Waals surface area contributed by atoms with E-state index in [0.29, 0.717) is 10.7 Å². The van der Waals surface area contributed by atoms with Gasteiger partial charge < -0.3 is 16.0 Å². The number of nitrogens with zero attached hydrogens (tertiary/aromatic N) is 4. The van der Waals surface area contributed by atoms with Crippen LogP contribution in [-0.2, 0) is 0 Å². The van der Waals surface area contributed by atoms with Crippen LogP contribution < -0.4 is 16.0 Å². The summed E-state index contributed by atoms with van der Waals surface area (Å²) in [5.74, 6) is 1.03. The van der Waals surface area contributed by atoms with Crippen LogP contribution in [0.5, 0.6) is 0 Å². The Bertz CT molecular complexity index is 581. The largest absolute Gasteiger partial charge is 0.368 e. The van der Waals surface area contributed by atoms with Gasteiger partial charge in [0.15, 0.2) is 5.82 Å². The van der Waals surface area contributed by atoms with Crippen LogP contribution in [0.3, 0.4) is 0 Å². The lowest BCUT2D eigenvalue weighted by molar-refractivity contribution is 0.586. The van der Waals surface area contributed by atoms with Gasteiger partial charge in [-0.1, -0.05) is 11.6 Å². The van der Waals surface area contributed by atoms with Gasteiger partial charge in [-0.3, -0.25) is 0 Å². The first kappa shape index (κ1) is 11.4. The number of piperazine rings is 1. The fraction of sp³-hybridized carbons (Fsp3) is 0.364. The average Bonchev–Trinajstić information content (AvgIpc) is 2.39. The molecule has 7 heteroatoms. The van der Waals surface area contributed by atoms with Crippen molar-refractivity contribution >= 4 is 34.4 Å². The van der Waals surface area contributed by atoms with Crippen molar-refractivity contribution in [2.75, 3.05) is 36.8 Å². The van der Waals surface area contributed by atoms with Crippen LogP contribution in [-0.4, -0.2) is 41.1 Å². The maximum atomic E-state index is 5.94. The zero-order valence-electron chi connectivity index (χ0n) is 9.73. The Morgan fingerprint density at radius 2 is 1.94 bits per heavy atom. The second-order valence-electron chi connectivity index (χ2n) is 4.14. The Morgan fingerprint density at radius 1 is 1.17 bits per heavy atom. The summed E-state index contributed by atoms with van der Waals surface area (Å²) in [7, 11) is 0. The molecule has 3 N–H and O–H groups in total. The van der Waals surface area contributed by atoms with Crippen LogP contribution in [0.2, 0.25) is 5.15 Å². The van der Waals surface area contributed by atoms with Gasteiger partial charge >= 0.3 is 0 Å². The van der Waals surface area contributed by atoms with E-state index in [-0.39, 0.29) is 5.95 Å². The molecule has 1 aliphatic heterocycles. The van der Waals surface area contributed by atoms with Crippen LogP contribution >= 0.6 is 11.6 Å². The number of fused-ring (bicyclic) bond motifs is 1. The molecule has 0 spiro atoms. The topological polar surface area (TPSA) is 80.0 Å². The number of nitrogens with one attached hydrogen (secondary N) is 1. The molecule has 0 bridgehead atoms. The van der Waals surface area contributed by atoms with Crippen LogP contribution in [0.4, 0.5) is 11.8 Å². The van der Waals surface area contributed by atoms with Gasteiger partial charge in [0, 0.05) is 26.2 Å². The highest BCUT2D eigenvalue weighted by atomic mass is 35.5. The smallest absolute Gasteiger partial charge is 0.222 e. The molecule has 0 aliphatic carbocycles. The van der Waals surface area contributed by atoms with Crippen molar-refractivity contribution in [2.24, 2.45) is 0 Å². The Kier molecular flexibility index (Phi) is 2.89. The molecular formula is C11H13ClN6. The number of anilines is 2. The molecule has 3 rings (SSSR count). The molecule has 3 heterocycles. The van der Waals surface area contributed by atoms with Crippen molar-refractivity contribution in [3.63, 3.8) is 0 Å². The minimum absolute atomic E-state index is 0.264. The highest BCUT2D eigenvalue weighted by Crippen LogP contribution is 2.24. The van der Waals surface area contributed by atoms with E-state index in [2.05, 4.69) is 25.2 Å². The van der Waals surface area contributed by atoms with Gasteiger partial charge in [0.05, 0.1) is 5.52 Å². The highest BCUT2D eigenvalue weighted by Gasteiger charge is 2.17. The van der Waals surface area contributed by atoms with E-state index in [1.54, 1.807) is 6.07 Å². The van der Waals surface area contributed by atoms with E-state index in [9.17, 15) is 0 Å². The highest BCUT2D eigenvalue weighted by molar-refractivity contribution is 6.29. The van der Waals surface area contributed by atoms with Crippen molar-refractivity contribution in [1.82, 2.24) is 20.3 Å². The molecule has 0 radical (unpaired) electrons. The number of hydrogen-bond donors (Lipinski definition) is 2. The van der Waals surface area contributed by atoms with Gasteiger partial charge in [-0.25, -0.2) is 9.97 Å². The van der Waals surface area contributed by atoms with E-state index in [0.717, 1.165) is 37.5 Å². The van der Waals surface area contributed by atoms with Crippen LogP contribution in [0.25, 0.3) is 11.0 Å². The molecule has 2 aromatic heterocycles. The fourth-order valence-corrected chi connectivity index (χ4v) is 2.24. The van der Waals surface area contributed by atoms with E-state index >= 15 is 0 Å². The number of aromatic nitrogens is 3. The molecule has 0 unspecified atom stereocenters. The molecule has 2 aromatic rings. The predicted octanol–water partition coefficient (Wildman–Crippen LogP) is 0.670. The summed E-state index contributed by atoms with van der Waals surface area (Å²) in [6, 6.07) is 3.52. The van der Waals surface area contributed by atoms with Crippen molar-refractivity contribution in [3.8, 4) is 0 Å². The summed E-state index contributed by atoms with van der Waals surface area (Å²) in [6.45, 7) is 3.59. The van der Waals surface area contributed by atoms with Crippen molar-refractivity contribution < 1.29 is 0 Å². The molecule has 6 nitrogen and oxygen atoms in total. The standard InChI is InChI=1S/C11H13ClN6/c12-8-2-1-7-9(16-8)10(17-11(13)15-7)18-5-3-14-4-6-18/h1-2,14H,3-6H2,(H2,13,15,17). The van der Waals surface area contributed by atoms with Gasteiger partial charge in [-0.05, 0) is 12.1 Å². The van der Waals surface area contributed by atoms with E-state index in [1.807, 2.05) is 6.07 Å². The van der Waals surface area contributed by atoms with E-state index in [1.165, 1.54) is 0 Å². The lowest BCUT2D eigenvalue weighted by Crippen LogP contribution is -2.44. The molecule has 0 aromatic carbocycles. The summed E-state index contributed by atoms with van der Waals surface area (Å²) in [6.07, 6.45) is 0. The molecule has 0 atom stereocenters. The zero-order valence-corrected chi connectivity index (χ0v) is 10.5. The van der Waals surface area contributed by atoms with Crippen LogP contribution in [0.1, 0.15) is 0 Å². The zero-order chi connectivity index (χ0) is 12.5. The molecule has 1 saturated heterocycles. The van der Waals surface area contributed by atoms with Crippen molar-refractivity contribution in [3.05, 3.63) is 17.3 Å². The quantitative estimate of drug-likeness (QED) is 0.737. The van der Waals surface area contributed by atoms with Crippen molar-refractivity contribution in [1.29, 1.82) is 0 Å². The Labute approximate surface area is 109 Å². The summed E-state index contributed by atoms with van der Waals surface area (Å²) in [4.78, 5) is 15.0. The molecule has 1 aliphatic rings. The fourth-order valence-electron chi connectivity index (χ4n) is 2.09. The Balaban J connectivity index is 2.16. The van der Waals surface area contributed by atoms with Gasteiger partial charge in [-0.2, -0.15) is 4.98 Å². The number of hydrogen-bond acceptors (Lipinski definition) is 6. The molecule has 0 saturated carbocycles. The van der Waals surface area contributed by atoms with Crippen LogP contribution in [0.15, 0.2) is 12.1 Å². The average molecular weight is 265 g/mol. The minimum Gasteiger partial charge on any atom is -0.368 e. The second kappa shape index (κ2) is 4.55. The molecular weight excluding hydrogens is 252 g/mol. The number of halogens is 1. The number of nitrogens with two attached hydrogens (primary N) is 1. The first-order valence-corrected chi connectivity index (χ1v) is 6.17. The van der Waals surface area contributed by atoms with E-state index in [4.69, 9.17) is 17.3 Å². The van der Waals surface area contributed by atoms with Gasteiger partial charge in [-0.15, -0.1) is 0 Å². The normalized spacial score (nSPS) is 16.2. The number of pyridine rings is 1. The third kappa shape index (κ3) is 2.04. The molecule has 0 amide bonds. The first-order chi connectivity index (χ1) is 8.74. The Morgan fingerprint density at radius 3 is 2.72 bits per heavy atom. The molecule has 18 heavy (non-hydrogen) atoms. The maximum Gasteiger partial charge on any atom is 0.222 e. The van der Waals surface area contributed by atoms with Crippen LogP contribution in [0, 0.1) is 0 Å². The first-order valence-electron chi connectivity index (χ1n) is 5.79. The van der Waals surface area contributed by atoms with Gasteiger partial charge in [0.1, 0.15) is 10.7 Å². The second-order valence-corrected chi connectivity index (χ2v) is 4.53. The third-order valence-corrected chi connectivity index (χ3v) is 3.13.